The SMILES string of the molecule is C[C@H](C(=O)N1CCNC1=O)N1CCC[C@@H]1c1cccn1C. The Hall–Kier alpha value is -1.82. The van der Waals surface area contributed by atoms with Gasteiger partial charge in [-0.25, -0.2) is 4.79 Å². The average molecular weight is 290 g/mol. The van der Waals surface area contributed by atoms with Crippen molar-refractivity contribution in [3.05, 3.63) is 24.0 Å². The molecule has 21 heavy (non-hydrogen) atoms. The third-order valence-corrected chi connectivity index (χ3v) is 4.60. The summed E-state index contributed by atoms with van der Waals surface area (Å²) in [5.41, 5.74) is 1.23. The summed E-state index contributed by atoms with van der Waals surface area (Å²) in [7, 11) is 2.03. The maximum absolute atomic E-state index is 12.6. The fourth-order valence-electron chi connectivity index (χ4n) is 3.44. The summed E-state index contributed by atoms with van der Waals surface area (Å²) in [5, 5.41) is 2.69. The summed E-state index contributed by atoms with van der Waals surface area (Å²) in [6, 6.07) is 3.88. The Labute approximate surface area is 124 Å². The number of amides is 3. The number of aromatic nitrogens is 1. The number of imide groups is 1. The molecule has 3 amide bonds. The first-order chi connectivity index (χ1) is 10.1. The number of hydrogen-bond acceptors (Lipinski definition) is 3. The van der Waals surface area contributed by atoms with Crippen LogP contribution < -0.4 is 5.32 Å². The zero-order chi connectivity index (χ0) is 15.0. The Morgan fingerprint density at radius 2 is 2.24 bits per heavy atom. The van der Waals surface area contributed by atoms with Gasteiger partial charge in [0, 0.05) is 32.0 Å². The molecular weight excluding hydrogens is 268 g/mol. The molecule has 2 fully saturated rings. The molecule has 1 N–H and O–H groups in total. The lowest BCUT2D eigenvalue weighted by Crippen LogP contribution is -2.48. The number of carbonyl (C=O) groups excluding carboxylic acids is 2. The molecule has 1 aromatic rings. The first-order valence-corrected chi connectivity index (χ1v) is 7.56. The summed E-state index contributed by atoms with van der Waals surface area (Å²) < 4.78 is 2.11. The van der Waals surface area contributed by atoms with E-state index in [1.807, 2.05) is 26.2 Å². The highest BCUT2D eigenvalue weighted by atomic mass is 16.2. The Morgan fingerprint density at radius 1 is 1.43 bits per heavy atom. The van der Waals surface area contributed by atoms with Crippen LogP contribution in [0.3, 0.4) is 0 Å². The Morgan fingerprint density at radius 3 is 2.86 bits per heavy atom. The van der Waals surface area contributed by atoms with Gasteiger partial charge >= 0.3 is 6.03 Å². The average Bonchev–Trinajstić information content (AvgIpc) is 3.17. The second-order valence-electron chi connectivity index (χ2n) is 5.84. The van der Waals surface area contributed by atoms with Gasteiger partial charge in [-0.05, 0) is 38.4 Å². The van der Waals surface area contributed by atoms with E-state index in [9.17, 15) is 9.59 Å². The van der Waals surface area contributed by atoms with Crippen molar-refractivity contribution < 1.29 is 9.59 Å². The van der Waals surface area contributed by atoms with Crippen LogP contribution in [0.2, 0.25) is 0 Å². The molecule has 2 aliphatic rings. The van der Waals surface area contributed by atoms with Crippen LogP contribution >= 0.6 is 0 Å². The van der Waals surface area contributed by atoms with Gasteiger partial charge in [0.05, 0.1) is 12.1 Å². The Kier molecular flexibility index (Phi) is 3.71. The van der Waals surface area contributed by atoms with Gasteiger partial charge in [0.25, 0.3) is 0 Å². The van der Waals surface area contributed by atoms with E-state index in [1.54, 1.807) is 0 Å². The molecule has 0 saturated carbocycles. The number of likely N-dealkylation sites (tertiary alicyclic amines) is 1. The third-order valence-electron chi connectivity index (χ3n) is 4.60. The summed E-state index contributed by atoms with van der Waals surface area (Å²) in [5.74, 6) is -0.0916. The molecule has 0 aliphatic carbocycles. The fourth-order valence-corrected chi connectivity index (χ4v) is 3.44. The van der Waals surface area contributed by atoms with Gasteiger partial charge < -0.3 is 9.88 Å². The molecule has 1 aromatic heterocycles. The number of nitrogens with zero attached hydrogens (tertiary/aromatic N) is 3. The summed E-state index contributed by atoms with van der Waals surface area (Å²) in [6.45, 7) is 3.84. The van der Waals surface area contributed by atoms with Crippen molar-refractivity contribution in [2.45, 2.75) is 31.8 Å². The molecule has 0 spiro atoms. The molecule has 2 atom stereocenters. The van der Waals surface area contributed by atoms with Gasteiger partial charge in [-0.15, -0.1) is 0 Å². The molecule has 114 valence electrons. The smallest absolute Gasteiger partial charge is 0.324 e. The molecule has 6 nitrogen and oxygen atoms in total. The zero-order valence-corrected chi connectivity index (χ0v) is 12.6. The lowest BCUT2D eigenvalue weighted by atomic mass is 10.1. The first kappa shape index (κ1) is 14.1. The van der Waals surface area contributed by atoms with Crippen LogP contribution in [-0.4, -0.2) is 52.0 Å². The molecule has 2 saturated heterocycles. The van der Waals surface area contributed by atoms with Crippen LogP contribution in [0.1, 0.15) is 31.5 Å². The molecule has 0 bridgehead atoms. The van der Waals surface area contributed by atoms with Crippen molar-refractivity contribution in [3.8, 4) is 0 Å². The minimum Gasteiger partial charge on any atom is -0.353 e. The first-order valence-electron chi connectivity index (χ1n) is 7.56. The van der Waals surface area contributed by atoms with Crippen LogP contribution in [0.4, 0.5) is 4.79 Å². The number of hydrogen-bond donors (Lipinski definition) is 1. The normalized spacial score (nSPS) is 24.4. The van der Waals surface area contributed by atoms with Crippen molar-refractivity contribution in [3.63, 3.8) is 0 Å². The molecule has 2 aliphatic heterocycles. The van der Waals surface area contributed by atoms with Crippen LogP contribution in [-0.2, 0) is 11.8 Å². The molecule has 6 heteroatoms. The second-order valence-corrected chi connectivity index (χ2v) is 5.84. The highest BCUT2D eigenvalue weighted by molar-refractivity contribution is 5.98. The number of nitrogens with one attached hydrogen (secondary N) is 1. The molecular formula is C15H22N4O2. The largest absolute Gasteiger partial charge is 0.353 e. The minimum atomic E-state index is -0.267. The standard InChI is InChI=1S/C15H22N4O2/c1-11(14(20)19-10-7-16-15(19)21)18-9-4-6-13(18)12-5-3-8-17(12)2/h3,5,8,11,13H,4,6-7,9-10H2,1-2H3,(H,16,21)/t11-,13-/m1/s1. The van der Waals surface area contributed by atoms with Gasteiger partial charge in [0.2, 0.25) is 5.91 Å². The molecule has 0 radical (unpaired) electrons. The van der Waals surface area contributed by atoms with Gasteiger partial charge in [-0.3, -0.25) is 14.6 Å². The lowest BCUT2D eigenvalue weighted by molar-refractivity contribution is -0.133. The molecule has 0 aromatic carbocycles. The Bertz CT molecular complexity index is 554. The van der Waals surface area contributed by atoms with Crippen molar-refractivity contribution >= 4 is 11.9 Å². The number of aryl methyl sites for hydroxylation is 1. The third kappa shape index (κ3) is 2.44. The predicted molar refractivity (Wildman–Crippen MR) is 78.7 cm³/mol. The van der Waals surface area contributed by atoms with E-state index in [-0.39, 0.29) is 24.0 Å². The van der Waals surface area contributed by atoms with Crippen molar-refractivity contribution in [2.75, 3.05) is 19.6 Å². The number of carbonyl (C=O) groups is 2. The quantitative estimate of drug-likeness (QED) is 0.907. The number of rotatable bonds is 3. The van der Waals surface area contributed by atoms with E-state index in [2.05, 4.69) is 20.9 Å². The summed E-state index contributed by atoms with van der Waals surface area (Å²) in [4.78, 5) is 27.8. The van der Waals surface area contributed by atoms with Crippen molar-refractivity contribution in [2.24, 2.45) is 7.05 Å². The van der Waals surface area contributed by atoms with Crippen LogP contribution in [0, 0.1) is 0 Å². The van der Waals surface area contributed by atoms with E-state index in [4.69, 9.17) is 0 Å². The highest BCUT2D eigenvalue weighted by Gasteiger charge is 2.38. The maximum atomic E-state index is 12.6. The van der Waals surface area contributed by atoms with E-state index in [0.717, 1.165) is 19.4 Å². The van der Waals surface area contributed by atoms with E-state index in [0.29, 0.717) is 13.1 Å². The summed E-state index contributed by atoms with van der Waals surface area (Å²) in [6.07, 6.45) is 4.17. The summed E-state index contributed by atoms with van der Waals surface area (Å²) >= 11 is 0. The molecule has 3 rings (SSSR count). The van der Waals surface area contributed by atoms with Gasteiger partial charge in [0.1, 0.15) is 0 Å². The lowest BCUT2D eigenvalue weighted by Gasteiger charge is -2.31. The zero-order valence-electron chi connectivity index (χ0n) is 12.6. The Balaban J connectivity index is 1.77. The van der Waals surface area contributed by atoms with Crippen LogP contribution in [0.25, 0.3) is 0 Å². The van der Waals surface area contributed by atoms with Crippen molar-refractivity contribution in [1.82, 2.24) is 19.7 Å². The molecule has 3 heterocycles. The molecule has 0 unspecified atom stereocenters. The van der Waals surface area contributed by atoms with E-state index in [1.165, 1.54) is 10.6 Å². The number of urea groups is 1. The topological polar surface area (TPSA) is 57.6 Å². The second kappa shape index (κ2) is 5.52. The van der Waals surface area contributed by atoms with Crippen LogP contribution in [0.15, 0.2) is 18.3 Å². The van der Waals surface area contributed by atoms with E-state index < -0.39 is 0 Å². The van der Waals surface area contributed by atoms with Crippen molar-refractivity contribution in [1.29, 1.82) is 0 Å². The highest BCUT2D eigenvalue weighted by Crippen LogP contribution is 2.34. The van der Waals surface area contributed by atoms with Crippen LogP contribution in [0.5, 0.6) is 0 Å². The van der Waals surface area contributed by atoms with Gasteiger partial charge in [-0.2, -0.15) is 0 Å². The predicted octanol–water partition coefficient (Wildman–Crippen LogP) is 1.10. The van der Waals surface area contributed by atoms with Gasteiger partial charge in [-0.1, -0.05) is 0 Å². The van der Waals surface area contributed by atoms with Gasteiger partial charge in [0.15, 0.2) is 0 Å². The van der Waals surface area contributed by atoms with E-state index >= 15 is 0 Å². The maximum Gasteiger partial charge on any atom is 0.324 e. The monoisotopic (exact) mass is 290 g/mol. The minimum absolute atomic E-state index is 0.0916. The fraction of sp³-hybridized carbons (Fsp3) is 0.600.